The van der Waals surface area contributed by atoms with E-state index in [-0.39, 0.29) is 5.75 Å². The molecule has 0 saturated heterocycles. The van der Waals surface area contributed by atoms with Crippen LogP contribution in [0.15, 0.2) is 6.20 Å². The zero-order valence-electron chi connectivity index (χ0n) is 9.27. The summed E-state index contributed by atoms with van der Waals surface area (Å²) in [5, 5.41) is 4.36. The number of rotatable bonds is 6. The number of hydrogen-bond acceptors (Lipinski definition) is 5. The van der Waals surface area contributed by atoms with Crippen LogP contribution in [0.1, 0.15) is 28.6 Å². The number of thiazole rings is 1. The van der Waals surface area contributed by atoms with E-state index in [1.54, 1.807) is 11.3 Å². The maximum atomic E-state index is 10.9. The molecule has 0 amide bonds. The highest BCUT2D eigenvalue weighted by molar-refractivity contribution is 7.90. The largest absolute Gasteiger partial charge is 0.311 e. The minimum absolute atomic E-state index is 0.196. The van der Waals surface area contributed by atoms with Crippen molar-refractivity contribution in [3.8, 4) is 0 Å². The van der Waals surface area contributed by atoms with Gasteiger partial charge in [0, 0.05) is 36.3 Å². The average molecular weight is 260 g/mol. The molecule has 1 aliphatic rings. The van der Waals surface area contributed by atoms with Crippen molar-refractivity contribution in [3.05, 3.63) is 16.1 Å². The van der Waals surface area contributed by atoms with E-state index >= 15 is 0 Å². The van der Waals surface area contributed by atoms with Gasteiger partial charge >= 0.3 is 0 Å². The highest BCUT2D eigenvalue weighted by Gasteiger charge is 2.26. The van der Waals surface area contributed by atoms with Gasteiger partial charge in [-0.15, -0.1) is 11.3 Å². The molecule has 0 radical (unpaired) electrons. The number of hydrogen-bond donors (Lipinski definition) is 1. The fourth-order valence-corrected chi connectivity index (χ4v) is 2.96. The Morgan fingerprint density at radius 1 is 1.56 bits per heavy atom. The highest BCUT2D eigenvalue weighted by atomic mass is 32.2. The minimum atomic E-state index is -2.85. The normalized spacial score (nSPS) is 16.6. The second-order valence-corrected chi connectivity index (χ2v) is 7.65. The first-order chi connectivity index (χ1) is 7.54. The van der Waals surface area contributed by atoms with Crippen molar-refractivity contribution in [2.24, 2.45) is 0 Å². The van der Waals surface area contributed by atoms with Crippen molar-refractivity contribution in [1.29, 1.82) is 0 Å². The fraction of sp³-hybridized carbons (Fsp3) is 0.700. The van der Waals surface area contributed by atoms with Gasteiger partial charge in [0.1, 0.15) is 9.84 Å². The maximum absolute atomic E-state index is 10.9. The van der Waals surface area contributed by atoms with E-state index in [4.69, 9.17) is 0 Å². The Morgan fingerprint density at radius 2 is 2.31 bits per heavy atom. The summed E-state index contributed by atoms with van der Waals surface area (Å²) in [4.78, 5) is 5.56. The third-order valence-corrected chi connectivity index (χ3v) is 4.55. The topological polar surface area (TPSA) is 59.1 Å². The first-order valence-corrected chi connectivity index (χ1v) is 8.25. The van der Waals surface area contributed by atoms with Crippen LogP contribution in [0.25, 0.3) is 0 Å². The van der Waals surface area contributed by atoms with Gasteiger partial charge in [0.25, 0.3) is 0 Å². The van der Waals surface area contributed by atoms with Crippen molar-refractivity contribution < 1.29 is 8.42 Å². The molecule has 1 aromatic rings. The highest BCUT2D eigenvalue weighted by Crippen LogP contribution is 2.41. The van der Waals surface area contributed by atoms with Crippen LogP contribution in [-0.2, 0) is 16.4 Å². The molecule has 1 aromatic heterocycles. The lowest BCUT2D eigenvalue weighted by molar-refractivity contribution is 0.596. The van der Waals surface area contributed by atoms with Gasteiger partial charge in [0.05, 0.1) is 10.8 Å². The molecule has 0 atom stereocenters. The minimum Gasteiger partial charge on any atom is -0.311 e. The monoisotopic (exact) mass is 260 g/mol. The summed E-state index contributed by atoms with van der Waals surface area (Å²) < 4.78 is 21.8. The Labute approximate surface area is 100 Å². The van der Waals surface area contributed by atoms with Crippen molar-refractivity contribution in [1.82, 2.24) is 10.3 Å². The van der Waals surface area contributed by atoms with Gasteiger partial charge in [-0.1, -0.05) is 0 Å². The summed E-state index contributed by atoms with van der Waals surface area (Å²) in [7, 11) is -2.85. The zero-order valence-corrected chi connectivity index (χ0v) is 10.9. The molecule has 4 nitrogen and oxygen atoms in total. The molecule has 1 aliphatic carbocycles. The SMILES string of the molecule is CS(=O)(=O)CCNCc1cnc(C2CC2)s1. The van der Waals surface area contributed by atoms with Crippen molar-refractivity contribution in [2.45, 2.75) is 25.3 Å². The summed E-state index contributed by atoms with van der Waals surface area (Å²) in [6.07, 6.45) is 5.70. The first-order valence-electron chi connectivity index (χ1n) is 5.37. The van der Waals surface area contributed by atoms with E-state index in [1.165, 1.54) is 29.0 Å². The van der Waals surface area contributed by atoms with Crippen molar-refractivity contribution in [2.75, 3.05) is 18.6 Å². The molecule has 6 heteroatoms. The molecule has 1 fully saturated rings. The number of nitrogens with one attached hydrogen (secondary N) is 1. The predicted octanol–water partition coefficient (Wildman–Crippen LogP) is 1.15. The number of nitrogens with zero attached hydrogens (tertiary/aromatic N) is 1. The van der Waals surface area contributed by atoms with Crippen LogP contribution in [0.5, 0.6) is 0 Å². The molecule has 1 saturated carbocycles. The fourth-order valence-electron chi connectivity index (χ4n) is 1.39. The molecular weight excluding hydrogens is 244 g/mol. The second kappa shape index (κ2) is 4.81. The number of aromatic nitrogens is 1. The van der Waals surface area contributed by atoms with Crippen molar-refractivity contribution >= 4 is 21.2 Å². The van der Waals surface area contributed by atoms with Gasteiger partial charge < -0.3 is 5.32 Å². The molecule has 16 heavy (non-hydrogen) atoms. The molecular formula is C10H16N2O2S2. The third-order valence-electron chi connectivity index (χ3n) is 2.45. The lowest BCUT2D eigenvalue weighted by Crippen LogP contribution is -2.21. The molecule has 1 heterocycles. The third kappa shape index (κ3) is 3.84. The second-order valence-electron chi connectivity index (χ2n) is 4.25. The Kier molecular flexibility index (Phi) is 3.61. The van der Waals surface area contributed by atoms with Crippen LogP contribution < -0.4 is 5.32 Å². The van der Waals surface area contributed by atoms with E-state index in [0.717, 1.165) is 6.54 Å². The van der Waals surface area contributed by atoms with Gasteiger partial charge in [-0.3, -0.25) is 0 Å². The Balaban J connectivity index is 1.72. The molecule has 0 bridgehead atoms. The van der Waals surface area contributed by atoms with E-state index < -0.39 is 9.84 Å². The van der Waals surface area contributed by atoms with E-state index in [2.05, 4.69) is 10.3 Å². The average Bonchev–Trinajstić information content (AvgIpc) is 2.93. The lowest BCUT2D eigenvalue weighted by Gasteiger charge is -2.00. The standard InChI is InChI=1S/C10H16N2O2S2/c1-16(13,14)5-4-11-6-9-7-12-10(15-9)8-2-3-8/h7-8,11H,2-6H2,1H3. The summed E-state index contributed by atoms with van der Waals surface area (Å²) in [5.41, 5.74) is 0. The Hall–Kier alpha value is -0.460. The maximum Gasteiger partial charge on any atom is 0.148 e. The molecule has 0 aliphatic heterocycles. The Morgan fingerprint density at radius 3 is 2.94 bits per heavy atom. The summed E-state index contributed by atoms with van der Waals surface area (Å²) >= 11 is 1.74. The predicted molar refractivity (Wildman–Crippen MR) is 65.5 cm³/mol. The quantitative estimate of drug-likeness (QED) is 0.780. The van der Waals surface area contributed by atoms with Crippen LogP contribution in [0.3, 0.4) is 0 Å². The van der Waals surface area contributed by atoms with Crippen LogP contribution in [-0.4, -0.2) is 32.0 Å². The van der Waals surface area contributed by atoms with Gasteiger partial charge in [-0.25, -0.2) is 13.4 Å². The Bertz CT molecular complexity index is 449. The lowest BCUT2D eigenvalue weighted by atomic mass is 10.5. The summed E-state index contributed by atoms with van der Waals surface area (Å²) in [6.45, 7) is 1.23. The molecule has 0 unspecified atom stereocenters. The van der Waals surface area contributed by atoms with Crippen molar-refractivity contribution in [3.63, 3.8) is 0 Å². The van der Waals surface area contributed by atoms with E-state index in [9.17, 15) is 8.42 Å². The molecule has 2 rings (SSSR count). The first kappa shape index (κ1) is 12.0. The number of sulfone groups is 1. The summed E-state index contributed by atoms with van der Waals surface area (Å²) in [5.74, 6) is 0.899. The van der Waals surface area contributed by atoms with Gasteiger partial charge in [-0.05, 0) is 12.8 Å². The molecule has 90 valence electrons. The molecule has 0 aromatic carbocycles. The van der Waals surface area contributed by atoms with Gasteiger partial charge in [-0.2, -0.15) is 0 Å². The zero-order chi connectivity index (χ0) is 11.6. The van der Waals surface area contributed by atoms with Crippen LogP contribution in [0.2, 0.25) is 0 Å². The van der Waals surface area contributed by atoms with Crippen LogP contribution in [0.4, 0.5) is 0 Å². The molecule has 0 spiro atoms. The van der Waals surface area contributed by atoms with Gasteiger partial charge in [0.15, 0.2) is 0 Å². The summed E-state index contributed by atoms with van der Waals surface area (Å²) in [6, 6.07) is 0. The van der Waals surface area contributed by atoms with Gasteiger partial charge in [0.2, 0.25) is 0 Å². The van der Waals surface area contributed by atoms with Crippen LogP contribution >= 0.6 is 11.3 Å². The smallest absolute Gasteiger partial charge is 0.148 e. The van der Waals surface area contributed by atoms with Crippen LogP contribution in [0, 0.1) is 0 Å². The van der Waals surface area contributed by atoms with E-state index in [1.807, 2.05) is 6.20 Å². The van der Waals surface area contributed by atoms with E-state index in [0.29, 0.717) is 12.5 Å². The molecule has 1 N–H and O–H groups in total.